The molecule has 0 atom stereocenters. The van der Waals surface area contributed by atoms with E-state index in [-0.39, 0.29) is 17.5 Å². The first kappa shape index (κ1) is 21.1. The van der Waals surface area contributed by atoms with Crippen molar-refractivity contribution in [2.45, 2.75) is 32.7 Å². The number of hydrogen-bond acceptors (Lipinski definition) is 6. The third-order valence-electron chi connectivity index (χ3n) is 4.44. The molecule has 1 aromatic heterocycles. The highest BCUT2D eigenvalue weighted by atomic mass is 79.9. The summed E-state index contributed by atoms with van der Waals surface area (Å²) in [5.74, 6) is -0.346. The van der Waals surface area contributed by atoms with Gasteiger partial charge in [-0.15, -0.1) is 0 Å². The summed E-state index contributed by atoms with van der Waals surface area (Å²) in [5.41, 5.74) is 0.191. The molecule has 28 heavy (non-hydrogen) atoms. The minimum absolute atomic E-state index is 0.177. The summed E-state index contributed by atoms with van der Waals surface area (Å²) >= 11 is 4.05. The Hall–Kier alpha value is -1.62. The van der Waals surface area contributed by atoms with Crippen LogP contribution in [0.25, 0.3) is 0 Å². The Bertz CT molecular complexity index is 812. The maximum atomic E-state index is 13.9. The van der Waals surface area contributed by atoms with Gasteiger partial charge in [0.05, 0.1) is 18.2 Å². The number of hydrogen-bond donors (Lipinski definition) is 1. The van der Waals surface area contributed by atoms with E-state index in [1.807, 2.05) is 4.57 Å². The van der Waals surface area contributed by atoms with Crippen LogP contribution in [0.4, 0.5) is 10.1 Å². The molecule has 1 N–H and O–H groups in total. The van der Waals surface area contributed by atoms with Crippen LogP contribution in [0.3, 0.4) is 0 Å². The number of carbonyl (C=O) groups is 1. The second-order valence-electron chi connectivity index (χ2n) is 6.80. The second kappa shape index (κ2) is 9.73. The van der Waals surface area contributed by atoms with Gasteiger partial charge in [0.1, 0.15) is 5.82 Å². The molecular weight excluding hydrogens is 451 g/mol. The summed E-state index contributed by atoms with van der Waals surface area (Å²) in [4.78, 5) is 16.5. The number of piperidine rings is 1. The lowest BCUT2D eigenvalue weighted by Gasteiger charge is -2.28. The van der Waals surface area contributed by atoms with E-state index < -0.39 is 5.82 Å². The molecule has 0 unspecified atom stereocenters. The van der Waals surface area contributed by atoms with Gasteiger partial charge in [-0.05, 0) is 44.9 Å². The highest BCUT2D eigenvalue weighted by molar-refractivity contribution is 9.10. The van der Waals surface area contributed by atoms with Gasteiger partial charge in [0, 0.05) is 29.5 Å². The maximum absolute atomic E-state index is 13.9. The van der Waals surface area contributed by atoms with Crippen LogP contribution in [0.1, 0.15) is 32.7 Å². The van der Waals surface area contributed by atoms with E-state index in [0.717, 1.165) is 12.3 Å². The number of carbonyl (C=O) groups excluding carboxylic acids is 1. The van der Waals surface area contributed by atoms with E-state index in [4.69, 9.17) is 8.47 Å². The quantitative estimate of drug-likeness (QED) is 0.594. The second-order valence-corrected chi connectivity index (χ2v) is 8.16. The van der Waals surface area contributed by atoms with E-state index in [9.17, 15) is 9.18 Å². The molecule has 0 radical (unpaired) electrons. The summed E-state index contributed by atoms with van der Waals surface area (Å²) < 4.78 is 27.4. The summed E-state index contributed by atoms with van der Waals surface area (Å²) in [6.07, 6.45) is 4.75. The van der Waals surface area contributed by atoms with E-state index in [2.05, 4.69) is 40.1 Å². The molecule has 1 aromatic carbocycles. The van der Waals surface area contributed by atoms with E-state index >= 15 is 0 Å². The zero-order valence-corrected chi connectivity index (χ0v) is 18.0. The molecule has 3 rings (SSSR count). The fourth-order valence-electron chi connectivity index (χ4n) is 2.75. The zero-order chi connectivity index (χ0) is 20.1. The number of hydroxylamine groups is 2. The van der Waals surface area contributed by atoms with Gasteiger partial charge < -0.3 is 14.1 Å². The van der Waals surface area contributed by atoms with E-state index in [1.54, 1.807) is 29.7 Å². The van der Waals surface area contributed by atoms with Gasteiger partial charge in [0.25, 0.3) is 0 Å². The van der Waals surface area contributed by atoms with Crippen LogP contribution in [0.5, 0.6) is 5.88 Å². The number of rotatable bonds is 7. The molecular formula is C18H22BrFN4O3S. The number of anilines is 1. The Labute approximate surface area is 176 Å². The average Bonchev–Trinajstić information content (AvgIpc) is 3.14. The van der Waals surface area contributed by atoms with Gasteiger partial charge in [-0.25, -0.2) is 9.37 Å². The molecule has 2 heterocycles. The number of halogens is 2. The number of amides is 1. The lowest BCUT2D eigenvalue weighted by molar-refractivity contribution is -0.125. The Kier molecular flexibility index (Phi) is 7.33. The van der Waals surface area contributed by atoms with Crippen molar-refractivity contribution in [3.63, 3.8) is 0 Å². The van der Waals surface area contributed by atoms with Crippen LogP contribution >= 0.6 is 28.3 Å². The van der Waals surface area contributed by atoms with Crippen LogP contribution < -0.4 is 9.50 Å². The Morgan fingerprint density at radius 3 is 2.79 bits per heavy atom. The van der Waals surface area contributed by atoms with Crippen LogP contribution in [-0.2, 0) is 9.08 Å². The predicted octanol–water partition coefficient (Wildman–Crippen LogP) is 4.59. The topological polar surface area (TPSA) is 68.6 Å². The molecule has 1 amide bonds. The van der Waals surface area contributed by atoms with Crippen LogP contribution in [0.15, 0.2) is 35.2 Å². The fraction of sp³-hybridized carbons (Fsp3) is 0.444. The number of nitrogens with one attached hydrogen (secondary N) is 1. The SMILES string of the molecule is CC(C)n1cnc(OSON2CCC(C(=O)Nc3ccc(Br)cc3F)CC2)c1. The number of aromatic nitrogens is 2. The van der Waals surface area contributed by atoms with E-state index in [0.29, 0.717) is 42.3 Å². The third-order valence-corrected chi connectivity index (χ3v) is 5.45. The molecule has 152 valence electrons. The van der Waals surface area contributed by atoms with Crippen molar-refractivity contribution in [1.82, 2.24) is 14.6 Å². The average molecular weight is 473 g/mol. The highest BCUT2D eigenvalue weighted by Gasteiger charge is 2.26. The monoisotopic (exact) mass is 472 g/mol. The minimum atomic E-state index is -0.461. The summed E-state index contributed by atoms with van der Waals surface area (Å²) in [5, 5.41) is 4.41. The van der Waals surface area contributed by atoms with Crippen LogP contribution in [0.2, 0.25) is 0 Å². The Morgan fingerprint density at radius 2 is 2.14 bits per heavy atom. The highest BCUT2D eigenvalue weighted by Crippen LogP contribution is 2.25. The molecule has 1 aliphatic rings. The molecule has 1 aliphatic heterocycles. The summed E-state index contributed by atoms with van der Waals surface area (Å²) in [6.45, 7) is 5.27. The van der Waals surface area contributed by atoms with Crippen molar-refractivity contribution < 1.29 is 17.7 Å². The van der Waals surface area contributed by atoms with Crippen molar-refractivity contribution in [2.75, 3.05) is 18.4 Å². The molecule has 7 nitrogen and oxygen atoms in total. The normalized spacial score (nSPS) is 15.8. The Balaban J connectivity index is 1.39. The van der Waals surface area contributed by atoms with Gasteiger partial charge >= 0.3 is 0 Å². The molecule has 1 fully saturated rings. The molecule has 0 bridgehead atoms. The largest absolute Gasteiger partial charge is 0.377 e. The predicted molar refractivity (Wildman–Crippen MR) is 109 cm³/mol. The lowest BCUT2D eigenvalue weighted by Crippen LogP contribution is -2.37. The number of nitrogens with zero attached hydrogens (tertiary/aromatic N) is 3. The first-order valence-electron chi connectivity index (χ1n) is 8.98. The van der Waals surface area contributed by atoms with Crippen LogP contribution in [-0.4, -0.2) is 33.6 Å². The van der Waals surface area contributed by atoms with E-state index in [1.165, 1.54) is 6.07 Å². The third kappa shape index (κ3) is 5.69. The first-order valence-corrected chi connectivity index (χ1v) is 10.4. The van der Waals surface area contributed by atoms with Gasteiger partial charge in [0.2, 0.25) is 24.1 Å². The molecule has 1 saturated heterocycles. The molecule has 0 saturated carbocycles. The smallest absolute Gasteiger partial charge is 0.248 e. The standard InChI is InChI=1S/C18H22BrFN4O3S/c1-12(2)23-10-17(21-11-23)26-28-27-24-7-5-13(6-8-24)18(25)22-16-4-3-14(19)9-15(16)20/h3-4,9-13H,5-8H2,1-2H3,(H,22,25). The molecule has 0 aliphatic carbocycles. The van der Waals surface area contributed by atoms with Gasteiger partial charge in [-0.3, -0.25) is 4.79 Å². The van der Waals surface area contributed by atoms with Gasteiger partial charge in [-0.2, -0.15) is 9.35 Å². The van der Waals surface area contributed by atoms with Crippen molar-refractivity contribution in [2.24, 2.45) is 5.92 Å². The molecule has 2 aromatic rings. The first-order chi connectivity index (χ1) is 13.4. The van der Waals surface area contributed by atoms with Crippen molar-refractivity contribution >= 4 is 39.8 Å². The van der Waals surface area contributed by atoms with Crippen molar-refractivity contribution in [3.05, 3.63) is 41.0 Å². The fourth-order valence-corrected chi connectivity index (χ4v) is 3.51. The molecule has 10 heteroatoms. The van der Waals surface area contributed by atoms with Crippen molar-refractivity contribution in [1.29, 1.82) is 0 Å². The maximum Gasteiger partial charge on any atom is 0.248 e. The van der Waals surface area contributed by atoms with Crippen molar-refractivity contribution in [3.8, 4) is 5.88 Å². The molecule has 0 spiro atoms. The lowest BCUT2D eigenvalue weighted by atomic mass is 9.97. The van der Waals surface area contributed by atoms with Crippen LogP contribution in [0, 0.1) is 11.7 Å². The zero-order valence-electron chi connectivity index (χ0n) is 15.6. The number of benzene rings is 1. The summed E-state index contributed by atoms with van der Waals surface area (Å²) in [6, 6.07) is 4.88. The van der Waals surface area contributed by atoms with Gasteiger partial charge in [-0.1, -0.05) is 15.9 Å². The minimum Gasteiger partial charge on any atom is -0.377 e. The number of imidazole rings is 1. The summed E-state index contributed by atoms with van der Waals surface area (Å²) in [7, 11) is 0. The Morgan fingerprint density at radius 1 is 1.39 bits per heavy atom. The van der Waals surface area contributed by atoms with Gasteiger partial charge in [0.15, 0.2) is 0 Å².